The van der Waals surface area contributed by atoms with Crippen molar-refractivity contribution in [3.8, 4) is 5.75 Å². The van der Waals surface area contributed by atoms with E-state index in [9.17, 15) is 23.6 Å². The molecular weight excluding hydrogens is 523 g/mol. The highest BCUT2D eigenvalue weighted by molar-refractivity contribution is 8.15. The fraction of sp³-hybridized carbons (Fsp3) is 0.464. The van der Waals surface area contributed by atoms with Crippen molar-refractivity contribution < 1.29 is 23.5 Å². The Bertz CT molecular complexity index is 1390. The zero-order valence-corrected chi connectivity index (χ0v) is 23.0. The maximum absolute atomic E-state index is 13.4. The first-order valence-corrected chi connectivity index (χ1v) is 14.1. The van der Waals surface area contributed by atoms with E-state index in [4.69, 9.17) is 4.74 Å². The van der Waals surface area contributed by atoms with Crippen molar-refractivity contribution in [3.05, 3.63) is 64.1 Å². The van der Waals surface area contributed by atoms with Crippen molar-refractivity contribution in [3.63, 3.8) is 0 Å². The lowest BCUT2D eigenvalue weighted by molar-refractivity contribution is -0.135. The van der Waals surface area contributed by atoms with Crippen LogP contribution in [0.1, 0.15) is 62.0 Å². The van der Waals surface area contributed by atoms with E-state index in [1.165, 1.54) is 22.7 Å². The van der Waals surface area contributed by atoms with E-state index >= 15 is 0 Å². The summed E-state index contributed by atoms with van der Waals surface area (Å²) in [4.78, 5) is 58.0. The normalized spacial score (nSPS) is 16.3. The summed E-state index contributed by atoms with van der Waals surface area (Å²) in [5.74, 6) is -0.516. The number of hydrogen-bond acceptors (Lipinski definition) is 7. The van der Waals surface area contributed by atoms with Gasteiger partial charge in [0.1, 0.15) is 18.6 Å². The van der Waals surface area contributed by atoms with Gasteiger partial charge in [-0.3, -0.25) is 14.4 Å². The predicted octanol–water partition coefficient (Wildman–Crippen LogP) is 3.90. The summed E-state index contributed by atoms with van der Waals surface area (Å²) >= 11 is 0.737. The summed E-state index contributed by atoms with van der Waals surface area (Å²) in [6.07, 6.45) is 8.43. The van der Waals surface area contributed by atoms with Crippen LogP contribution in [0, 0.1) is 5.82 Å². The van der Waals surface area contributed by atoms with Gasteiger partial charge >= 0.3 is 5.56 Å². The average molecular weight is 557 g/mol. The molecule has 1 aliphatic rings. The molecule has 11 heteroatoms. The van der Waals surface area contributed by atoms with Gasteiger partial charge in [0.25, 0.3) is 0 Å². The second kappa shape index (κ2) is 13.1. The lowest BCUT2D eigenvalue weighted by Crippen LogP contribution is -2.43. The Morgan fingerprint density at radius 2 is 2.00 bits per heavy atom. The smallest absolute Gasteiger partial charge is 0.302 e. The van der Waals surface area contributed by atoms with Gasteiger partial charge in [-0.2, -0.15) is 0 Å². The quantitative estimate of drug-likeness (QED) is 0.261. The Labute approximate surface area is 230 Å². The summed E-state index contributed by atoms with van der Waals surface area (Å²) in [5, 5.41) is -1.37. The Morgan fingerprint density at radius 1 is 1.23 bits per heavy atom. The molecule has 0 spiro atoms. The number of halogens is 1. The number of hydrogen-bond donors (Lipinski definition) is 0. The molecule has 0 N–H and O–H groups in total. The number of likely N-dealkylation sites (tertiary alicyclic amines) is 1. The molecule has 39 heavy (non-hydrogen) atoms. The molecule has 3 heterocycles. The molecule has 1 fully saturated rings. The number of fused-ring (bicyclic) bond motifs is 1. The molecule has 0 saturated carbocycles. The van der Waals surface area contributed by atoms with Crippen molar-refractivity contribution in [2.75, 3.05) is 13.2 Å². The number of carbonyl (C=O) groups excluding carboxylic acids is 3. The maximum Gasteiger partial charge on any atom is 0.302 e. The summed E-state index contributed by atoms with van der Waals surface area (Å²) in [6.45, 7) is 4.89. The van der Waals surface area contributed by atoms with E-state index in [1.807, 2.05) is 18.7 Å². The van der Waals surface area contributed by atoms with E-state index in [1.54, 1.807) is 22.9 Å². The number of piperidine rings is 1. The van der Waals surface area contributed by atoms with Gasteiger partial charge in [-0.1, -0.05) is 37.2 Å². The molecule has 208 valence electrons. The van der Waals surface area contributed by atoms with Crippen LogP contribution in [0.3, 0.4) is 0 Å². The number of aldehydes is 1. The lowest BCUT2D eigenvalue weighted by atomic mass is 10.0. The third-order valence-corrected chi connectivity index (χ3v) is 7.82. The van der Waals surface area contributed by atoms with Gasteiger partial charge < -0.3 is 19.0 Å². The molecule has 0 radical (unpaired) electrons. The van der Waals surface area contributed by atoms with E-state index in [2.05, 4.69) is 4.98 Å². The summed E-state index contributed by atoms with van der Waals surface area (Å²) in [7, 11) is 0. The standard InChI is InChI=1S/C28H33FN4O5S/c1-3-4-15-38-25-24(27(37)39-22(18-34)16-20-8-10-21(29)11-9-20)30-28-31(13-14-33(28)26(25)36)17-23(35)32-12-6-5-7-19(32)2/h8-11,13-14,18-19,22H,3-7,12,15-17H2,1-2H3. The summed E-state index contributed by atoms with van der Waals surface area (Å²) in [5.41, 5.74) is -0.0550. The maximum atomic E-state index is 13.4. The first-order chi connectivity index (χ1) is 18.8. The Hall–Kier alpha value is -3.47. The molecular formula is C28H33FN4O5S. The molecule has 3 aromatic rings. The van der Waals surface area contributed by atoms with Gasteiger partial charge in [-0.25, -0.2) is 13.8 Å². The van der Waals surface area contributed by atoms with Crippen LogP contribution >= 0.6 is 11.8 Å². The van der Waals surface area contributed by atoms with Gasteiger partial charge in [0.2, 0.25) is 22.5 Å². The number of ether oxygens (including phenoxy) is 1. The Kier molecular flexibility index (Phi) is 9.55. The van der Waals surface area contributed by atoms with Crippen molar-refractivity contribution >= 4 is 34.8 Å². The van der Waals surface area contributed by atoms with Gasteiger partial charge in [-0.15, -0.1) is 0 Å². The molecule has 1 aliphatic heterocycles. The molecule has 2 atom stereocenters. The zero-order chi connectivity index (χ0) is 27.9. The van der Waals surface area contributed by atoms with Gasteiger partial charge in [0.15, 0.2) is 5.69 Å². The van der Waals surface area contributed by atoms with E-state index in [0.29, 0.717) is 24.8 Å². The highest BCUT2D eigenvalue weighted by Crippen LogP contribution is 2.25. The summed E-state index contributed by atoms with van der Waals surface area (Å²) < 4.78 is 21.8. The monoisotopic (exact) mass is 556 g/mol. The minimum absolute atomic E-state index is 0.0222. The fourth-order valence-corrected chi connectivity index (χ4v) is 5.49. The number of carbonyl (C=O) groups is 3. The molecule has 0 aliphatic carbocycles. The number of aromatic nitrogens is 3. The van der Waals surface area contributed by atoms with Crippen LogP contribution in [0.4, 0.5) is 4.39 Å². The van der Waals surface area contributed by atoms with Crippen molar-refractivity contribution in [2.45, 2.75) is 70.2 Å². The molecule has 9 nitrogen and oxygen atoms in total. The lowest BCUT2D eigenvalue weighted by Gasteiger charge is -2.33. The third-order valence-electron chi connectivity index (χ3n) is 6.83. The molecule has 4 rings (SSSR count). The Balaban J connectivity index is 1.64. The zero-order valence-electron chi connectivity index (χ0n) is 22.2. The molecule has 1 amide bonds. The number of rotatable bonds is 11. The number of imidazole rings is 1. The van der Waals surface area contributed by atoms with E-state index in [0.717, 1.165) is 37.4 Å². The SMILES string of the molecule is CCCCOc1c(C(=O)SC(C=O)Cc2ccc(F)cc2)nc2n(CC(=O)N3CCCCC3C)ccn2c1=O. The largest absolute Gasteiger partial charge is 0.486 e. The predicted molar refractivity (Wildman–Crippen MR) is 147 cm³/mol. The Morgan fingerprint density at radius 3 is 2.69 bits per heavy atom. The van der Waals surface area contributed by atoms with Gasteiger partial charge in [0.05, 0.1) is 11.9 Å². The number of nitrogens with zero attached hydrogens (tertiary/aromatic N) is 4. The van der Waals surface area contributed by atoms with Crippen LogP contribution < -0.4 is 10.3 Å². The van der Waals surface area contributed by atoms with Crippen LogP contribution in [-0.4, -0.2) is 60.6 Å². The summed E-state index contributed by atoms with van der Waals surface area (Å²) in [6, 6.07) is 5.83. The van der Waals surface area contributed by atoms with E-state index in [-0.39, 0.29) is 48.7 Å². The first kappa shape index (κ1) is 28.5. The average Bonchev–Trinajstić information content (AvgIpc) is 3.33. The fourth-order valence-electron chi connectivity index (χ4n) is 4.64. The second-order valence-electron chi connectivity index (χ2n) is 9.74. The van der Waals surface area contributed by atoms with Crippen LogP contribution in [-0.2, 0) is 22.6 Å². The van der Waals surface area contributed by atoms with Crippen LogP contribution in [0.2, 0.25) is 0 Å². The van der Waals surface area contributed by atoms with Crippen molar-refractivity contribution in [2.24, 2.45) is 0 Å². The van der Waals surface area contributed by atoms with Gasteiger partial charge in [0, 0.05) is 25.0 Å². The topological polar surface area (TPSA) is 103 Å². The minimum Gasteiger partial charge on any atom is -0.486 e. The molecule has 2 unspecified atom stereocenters. The van der Waals surface area contributed by atoms with Crippen LogP contribution in [0.25, 0.3) is 5.78 Å². The number of benzene rings is 1. The number of thioether (sulfide) groups is 1. The third kappa shape index (κ3) is 6.76. The van der Waals surface area contributed by atoms with E-state index < -0.39 is 21.7 Å². The molecule has 1 saturated heterocycles. The molecule has 1 aromatic carbocycles. The minimum atomic E-state index is -0.777. The second-order valence-corrected chi connectivity index (χ2v) is 10.9. The first-order valence-electron chi connectivity index (χ1n) is 13.3. The van der Waals surface area contributed by atoms with Gasteiger partial charge in [-0.05, 0) is 56.7 Å². The van der Waals surface area contributed by atoms with Crippen molar-refractivity contribution in [1.82, 2.24) is 18.9 Å². The molecule has 2 aromatic heterocycles. The number of amides is 1. The number of unbranched alkanes of at least 4 members (excludes halogenated alkanes) is 1. The van der Waals surface area contributed by atoms with Crippen molar-refractivity contribution in [1.29, 1.82) is 0 Å². The van der Waals surface area contributed by atoms with Crippen LogP contribution in [0.5, 0.6) is 5.75 Å². The highest BCUT2D eigenvalue weighted by atomic mass is 32.2. The van der Waals surface area contributed by atoms with Crippen LogP contribution in [0.15, 0.2) is 41.5 Å². The highest BCUT2D eigenvalue weighted by Gasteiger charge is 2.27. The molecule has 0 bridgehead atoms.